The van der Waals surface area contributed by atoms with Crippen molar-refractivity contribution in [3.05, 3.63) is 106 Å². The fourth-order valence-electron chi connectivity index (χ4n) is 3.66. The lowest BCUT2D eigenvalue weighted by atomic mass is 10.0. The molecule has 9 heteroatoms. The van der Waals surface area contributed by atoms with E-state index < -0.39 is 11.9 Å². The van der Waals surface area contributed by atoms with E-state index in [0.29, 0.717) is 23.4 Å². The Kier molecular flexibility index (Phi) is 8.03. The van der Waals surface area contributed by atoms with Crippen molar-refractivity contribution in [2.24, 2.45) is 0 Å². The van der Waals surface area contributed by atoms with Crippen molar-refractivity contribution in [1.82, 2.24) is 15.3 Å². The van der Waals surface area contributed by atoms with Crippen molar-refractivity contribution in [1.29, 1.82) is 0 Å². The van der Waals surface area contributed by atoms with Gasteiger partial charge in [0.25, 0.3) is 5.91 Å². The Bertz CT molecular complexity index is 1370. The van der Waals surface area contributed by atoms with Gasteiger partial charge in [0.15, 0.2) is 11.6 Å². The molecule has 0 saturated carbocycles. The van der Waals surface area contributed by atoms with Gasteiger partial charge in [0.2, 0.25) is 0 Å². The number of aromatic nitrogens is 2. The molecule has 0 aliphatic heterocycles. The molecule has 184 valence electrons. The number of benzene rings is 2. The molecule has 0 bridgehead atoms. The summed E-state index contributed by atoms with van der Waals surface area (Å²) in [4.78, 5) is 20.7. The van der Waals surface area contributed by atoms with Crippen LogP contribution in [0.2, 0.25) is 10.0 Å². The highest BCUT2D eigenvalue weighted by atomic mass is 35.5. The summed E-state index contributed by atoms with van der Waals surface area (Å²) in [5.41, 5.74) is 9.53. The zero-order chi connectivity index (χ0) is 25.7. The Balaban J connectivity index is 1.45. The smallest absolute Gasteiger partial charge is 0.251 e. The van der Waals surface area contributed by atoms with Crippen molar-refractivity contribution in [2.45, 2.75) is 19.4 Å². The average Bonchev–Trinajstić information content (AvgIpc) is 2.88. The summed E-state index contributed by atoms with van der Waals surface area (Å²) in [5.74, 6) is -0.283. The molecule has 0 saturated heterocycles. The van der Waals surface area contributed by atoms with E-state index in [2.05, 4.69) is 15.3 Å². The molecular weight excluding hydrogens is 502 g/mol. The molecule has 2 aromatic heterocycles. The molecule has 36 heavy (non-hydrogen) atoms. The van der Waals surface area contributed by atoms with Crippen molar-refractivity contribution in [3.63, 3.8) is 0 Å². The van der Waals surface area contributed by atoms with Gasteiger partial charge in [-0.25, -0.2) is 9.37 Å². The van der Waals surface area contributed by atoms with Gasteiger partial charge in [-0.05, 0) is 66.9 Å². The number of hydrogen-bond acceptors (Lipinski definition) is 5. The van der Waals surface area contributed by atoms with E-state index >= 15 is 0 Å². The lowest BCUT2D eigenvalue weighted by Crippen LogP contribution is -2.25. The number of rotatable bonds is 8. The lowest BCUT2D eigenvalue weighted by Gasteiger charge is -2.19. The van der Waals surface area contributed by atoms with Crippen LogP contribution < -0.4 is 15.8 Å². The Labute approximate surface area is 218 Å². The van der Waals surface area contributed by atoms with Gasteiger partial charge < -0.3 is 15.8 Å². The van der Waals surface area contributed by atoms with Crippen LogP contribution in [0.4, 0.5) is 10.2 Å². The standard InChI is InChI=1S/C27H23Cl2FN4O2/c1-16(24-21(28)6-7-22(30)25(24)29)36-23-14-20(15-34-26(23)31)18-2-4-19(5-3-18)27(35)33-13-10-17-8-11-32-12-9-17/h2-9,11-12,14-16H,10,13H2,1H3,(H2,31,34)(H,33,35). The predicted molar refractivity (Wildman–Crippen MR) is 140 cm³/mol. The van der Waals surface area contributed by atoms with Crippen LogP contribution in [0.25, 0.3) is 11.1 Å². The number of nitrogens with zero attached hydrogens (tertiary/aromatic N) is 2. The Morgan fingerprint density at radius 2 is 1.81 bits per heavy atom. The van der Waals surface area contributed by atoms with Crippen LogP contribution in [0.15, 0.2) is 73.2 Å². The van der Waals surface area contributed by atoms with E-state index in [0.717, 1.165) is 23.1 Å². The number of carbonyl (C=O) groups excluding carboxylic acids is 1. The Hall–Kier alpha value is -3.68. The summed E-state index contributed by atoms with van der Waals surface area (Å²) in [5, 5.41) is 3.10. The fraction of sp³-hybridized carbons (Fsp3) is 0.148. The molecular formula is C27H23Cl2FN4O2. The first kappa shape index (κ1) is 25.4. The third-order valence-corrected chi connectivity index (χ3v) is 6.31. The predicted octanol–water partition coefficient (Wildman–Crippen LogP) is 6.28. The van der Waals surface area contributed by atoms with E-state index in [9.17, 15) is 9.18 Å². The van der Waals surface area contributed by atoms with E-state index in [1.165, 1.54) is 12.1 Å². The molecule has 1 unspecified atom stereocenters. The van der Waals surface area contributed by atoms with Crippen LogP contribution in [-0.2, 0) is 6.42 Å². The van der Waals surface area contributed by atoms with Crippen LogP contribution in [0.3, 0.4) is 0 Å². The lowest BCUT2D eigenvalue weighted by molar-refractivity contribution is 0.0954. The molecule has 1 amide bonds. The summed E-state index contributed by atoms with van der Waals surface area (Å²) in [6, 6.07) is 15.3. The molecule has 4 aromatic rings. The quantitative estimate of drug-likeness (QED) is 0.264. The normalized spacial score (nSPS) is 11.7. The first-order valence-corrected chi connectivity index (χ1v) is 11.9. The number of pyridine rings is 2. The van der Waals surface area contributed by atoms with Crippen LogP contribution in [0, 0.1) is 5.82 Å². The molecule has 0 radical (unpaired) electrons. The molecule has 6 nitrogen and oxygen atoms in total. The number of nitrogen functional groups attached to an aromatic ring is 1. The van der Waals surface area contributed by atoms with Gasteiger partial charge in [-0.15, -0.1) is 0 Å². The van der Waals surface area contributed by atoms with Gasteiger partial charge in [-0.3, -0.25) is 9.78 Å². The molecule has 0 aliphatic carbocycles. The molecule has 0 aliphatic rings. The highest BCUT2D eigenvalue weighted by molar-refractivity contribution is 6.36. The maximum atomic E-state index is 13.9. The van der Waals surface area contributed by atoms with Crippen molar-refractivity contribution >= 4 is 34.9 Å². The highest BCUT2D eigenvalue weighted by Crippen LogP contribution is 2.37. The van der Waals surface area contributed by atoms with Gasteiger partial charge in [-0.1, -0.05) is 35.3 Å². The second kappa shape index (κ2) is 11.4. The summed E-state index contributed by atoms with van der Waals surface area (Å²) in [6.45, 7) is 2.21. The maximum absolute atomic E-state index is 13.9. The third kappa shape index (κ3) is 5.93. The number of nitrogens with two attached hydrogens (primary N) is 1. The first-order chi connectivity index (χ1) is 17.3. The van der Waals surface area contributed by atoms with Crippen molar-refractivity contribution in [3.8, 4) is 16.9 Å². The van der Waals surface area contributed by atoms with Gasteiger partial charge >= 0.3 is 0 Å². The Morgan fingerprint density at radius 1 is 1.08 bits per heavy atom. The van der Waals surface area contributed by atoms with Gasteiger partial charge in [0.1, 0.15) is 11.9 Å². The van der Waals surface area contributed by atoms with E-state index in [4.69, 9.17) is 33.7 Å². The summed E-state index contributed by atoms with van der Waals surface area (Å²) in [7, 11) is 0. The van der Waals surface area contributed by atoms with Gasteiger partial charge in [0, 0.05) is 46.8 Å². The minimum atomic E-state index is -0.682. The Morgan fingerprint density at radius 3 is 2.53 bits per heavy atom. The minimum Gasteiger partial charge on any atom is -0.482 e. The second-order valence-corrected chi connectivity index (χ2v) is 8.85. The van der Waals surface area contributed by atoms with Gasteiger partial charge in [0.05, 0.1) is 5.02 Å². The minimum absolute atomic E-state index is 0.104. The molecule has 2 aromatic carbocycles. The monoisotopic (exact) mass is 524 g/mol. The molecule has 1 atom stereocenters. The summed E-state index contributed by atoms with van der Waals surface area (Å²) >= 11 is 12.3. The molecule has 3 N–H and O–H groups in total. The highest BCUT2D eigenvalue weighted by Gasteiger charge is 2.20. The van der Waals surface area contributed by atoms with Crippen LogP contribution in [0.1, 0.15) is 34.5 Å². The zero-order valence-corrected chi connectivity index (χ0v) is 20.9. The molecule has 0 fully saturated rings. The fourth-order valence-corrected chi connectivity index (χ4v) is 4.34. The molecule has 0 spiro atoms. The average molecular weight is 525 g/mol. The first-order valence-electron chi connectivity index (χ1n) is 11.2. The van der Waals surface area contributed by atoms with Crippen LogP contribution in [-0.4, -0.2) is 22.4 Å². The largest absolute Gasteiger partial charge is 0.482 e. The number of hydrogen-bond donors (Lipinski definition) is 2. The number of amides is 1. The number of anilines is 1. The molecule has 4 rings (SSSR count). The maximum Gasteiger partial charge on any atom is 0.251 e. The van der Waals surface area contributed by atoms with Crippen LogP contribution >= 0.6 is 23.2 Å². The SMILES string of the molecule is CC(Oc1cc(-c2ccc(C(=O)NCCc3ccncc3)cc2)cnc1N)c1c(Cl)ccc(F)c1Cl. The summed E-state index contributed by atoms with van der Waals surface area (Å²) in [6.07, 6.45) is 5.10. The second-order valence-electron chi connectivity index (χ2n) is 8.06. The molecule has 2 heterocycles. The number of nitrogens with one attached hydrogen (secondary N) is 1. The third-order valence-electron chi connectivity index (χ3n) is 5.60. The summed E-state index contributed by atoms with van der Waals surface area (Å²) < 4.78 is 19.9. The number of ether oxygens (including phenoxy) is 1. The van der Waals surface area contributed by atoms with Crippen molar-refractivity contribution < 1.29 is 13.9 Å². The number of halogens is 3. The zero-order valence-electron chi connectivity index (χ0n) is 19.3. The topological polar surface area (TPSA) is 90.1 Å². The van der Waals surface area contributed by atoms with Crippen molar-refractivity contribution in [2.75, 3.05) is 12.3 Å². The van der Waals surface area contributed by atoms with E-state index in [1.54, 1.807) is 43.7 Å². The van der Waals surface area contributed by atoms with E-state index in [1.807, 2.05) is 24.3 Å². The van der Waals surface area contributed by atoms with Crippen LogP contribution in [0.5, 0.6) is 5.75 Å². The van der Waals surface area contributed by atoms with E-state index in [-0.39, 0.29) is 21.8 Å². The van der Waals surface area contributed by atoms with Gasteiger partial charge in [-0.2, -0.15) is 0 Å². The number of carbonyl (C=O) groups is 1.